The molecule has 0 saturated carbocycles. The molecule has 0 spiro atoms. The van der Waals surface area contributed by atoms with E-state index in [4.69, 9.17) is 0 Å². The maximum absolute atomic E-state index is 13.4. The molecule has 0 radical (unpaired) electrons. The predicted molar refractivity (Wildman–Crippen MR) is 61.0 cm³/mol. The zero-order chi connectivity index (χ0) is 13.1. The number of Topliss-reactive ketones (excluding diaryl/α,β-unsaturated/α-hetero) is 1. The summed E-state index contributed by atoms with van der Waals surface area (Å²) in [4.78, 5) is 23.3. The molecule has 1 saturated heterocycles. The van der Waals surface area contributed by atoms with E-state index in [1.807, 2.05) is 0 Å². The van der Waals surface area contributed by atoms with Crippen molar-refractivity contribution in [2.75, 3.05) is 6.54 Å². The van der Waals surface area contributed by atoms with E-state index in [1.165, 1.54) is 6.07 Å². The summed E-state index contributed by atoms with van der Waals surface area (Å²) >= 11 is 0. The number of ketones is 1. The highest BCUT2D eigenvalue weighted by Gasteiger charge is 2.27. The number of carbonyl (C=O) groups is 2. The molecule has 1 amide bonds. The molecule has 0 unspecified atom stereocenters. The molecule has 1 aliphatic heterocycles. The minimum Gasteiger partial charge on any atom is -0.356 e. The molecule has 18 heavy (non-hydrogen) atoms. The highest BCUT2D eigenvalue weighted by atomic mass is 19.1. The van der Waals surface area contributed by atoms with Gasteiger partial charge in [-0.05, 0) is 25.0 Å². The molecule has 1 N–H and O–H groups in total. The van der Waals surface area contributed by atoms with Gasteiger partial charge in [-0.25, -0.2) is 8.78 Å². The smallest absolute Gasteiger partial charge is 0.223 e. The summed E-state index contributed by atoms with van der Waals surface area (Å²) in [5, 5.41) is 2.64. The first-order valence-corrected chi connectivity index (χ1v) is 5.84. The maximum Gasteiger partial charge on any atom is 0.223 e. The summed E-state index contributed by atoms with van der Waals surface area (Å²) in [7, 11) is 0. The lowest BCUT2D eigenvalue weighted by atomic mass is 9.91. The molecule has 2 rings (SSSR count). The van der Waals surface area contributed by atoms with Gasteiger partial charge in [0, 0.05) is 18.9 Å². The molecular formula is C13H13F2NO2. The van der Waals surface area contributed by atoms with Crippen LogP contribution in [0.15, 0.2) is 18.2 Å². The van der Waals surface area contributed by atoms with Crippen molar-refractivity contribution in [2.24, 2.45) is 5.92 Å². The SMILES string of the molecule is O=C(C[C@H]1CCCNC1=O)c1c(F)cccc1F. The Morgan fingerprint density at radius 1 is 1.33 bits per heavy atom. The van der Waals surface area contributed by atoms with Gasteiger partial charge in [0.2, 0.25) is 5.91 Å². The second-order valence-corrected chi connectivity index (χ2v) is 4.35. The summed E-state index contributed by atoms with van der Waals surface area (Å²) in [5.74, 6) is -3.11. The average molecular weight is 253 g/mol. The fourth-order valence-corrected chi connectivity index (χ4v) is 2.12. The van der Waals surface area contributed by atoms with Gasteiger partial charge in [-0.15, -0.1) is 0 Å². The number of carbonyl (C=O) groups excluding carboxylic acids is 2. The Kier molecular flexibility index (Phi) is 3.69. The Hall–Kier alpha value is -1.78. The van der Waals surface area contributed by atoms with Crippen molar-refractivity contribution in [3.05, 3.63) is 35.4 Å². The molecule has 1 aromatic rings. The lowest BCUT2D eigenvalue weighted by Gasteiger charge is -2.21. The van der Waals surface area contributed by atoms with Crippen LogP contribution in [-0.2, 0) is 4.79 Å². The lowest BCUT2D eigenvalue weighted by molar-refractivity contribution is -0.126. The number of halogens is 2. The van der Waals surface area contributed by atoms with Crippen LogP contribution >= 0.6 is 0 Å². The van der Waals surface area contributed by atoms with Crippen LogP contribution in [0.25, 0.3) is 0 Å². The van der Waals surface area contributed by atoms with Crippen LogP contribution < -0.4 is 5.32 Å². The Morgan fingerprint density at radius 2 is 2.00 bits per heavy atom. The molecule has 0 aromatic heterocycles. The van der Waals surface area contributed by atoms with Crippen molar-refractivity contribution in [1.29, 1.82) is 0 Å². The van der Waals surface area contributed by atoms with Crippen LogP contribution in [0.5, 0.6) is 0 Å². The molecule has 1 heterocycles. The summed E-state index contributed by atoms with van der Waals surface area (Å²) in [6.45, 7) is 0.595. The normalized spacial score (nSPS) is 19.4. The number of nitrogens with one attached hydrogen (secondary N) is 1. The topological polar surface area (TPSA) is 46.2 Å². The van der Waals surface area contributed by atoms with Crippen molar-refractivity contribution in [2.45, 2.75) is 19.3 Å². The van der Waals surface area contributed by atoms with Crippen molar-refractivity contribution < 1.29 is 18.4 Å². The monoisotopic (exact) mass is 253 g/mol. The largest absolute Gasteiger partial charge is 0.356 e. The summed E-state index contributed by atoms with van der Waals surface area (Å²) in [6, 6.07) is 3.28. The van der Waals surface area contributed by atoms with Crippen molar-refractivity contribution in [1.82, 2.24) is 5.32 Å². The predicted octanol–water partition coefficient (Wildman–Crippen LogP) is 2.06. The molecule has 5 heteroatoms. The van der Waals surface area contributed by atoms with Crippen molar-refractivity contribution >= 4 is 11.7 Å². The van der Waals surface area contributed by atoms with Crippen LogP contribution in [0, 0.1) is 17.6 Å². The number of hydrogen-bond acceptors (Lipinski definition) is 2. The molecule has 0 bridgehead atoms. The molecule has 3 nitrogen and oxygen atoms in total. The molecule has 96 valence electrons. The van der Waals surface area contributed by atoms with Gasteiger partial charge in [0.15, 0.2) is 5.78 Å². The Balaban J connectivity index is 2.14. The minimum atomic E-state index is -0.879. The van der Waals surface area contributed by atoms with E-state index in [-0.39, 0.29) is 12.3 Å². The molecule has 0 aliphatic carbocycles. The van der Waals surface area contributed by atoms with Crippen LogP contribution in [0.2, 0.25) is 0 Å². The third-order valence-corrected chi connectivity index (χ3v) is 3.07. The van der Waals surface area contributed by atoms with E-state index in [2.05, 4.69) is 5.32 Å². The van der Waals surface area contributed by atoms with Gasteiger partial charge in [-0.2, -0.15) is 0 Å². The maximum atomic E-state index is 13.4. The third-order valence-electron chi connectivity index (χ3n) is 3.07. The van der Waals surface area contributed by atoms with E-state index < -0.39 is 28.9 Å². The fraction of sp³-hybridized carbons (Fsp3) is 0.385. The zero-order valence-corrected chi connectivity index (χ0v) is 9.71. The molecular weight excluding hydrogens is 240 g/mol. The average Bonchev–Trinajstić information content (AvgIpc) is 2.32. The van der Waals surface area contributed by atoms with E-state index in [1.54, 1.807) is 0 Å². The van der Waals surface area contributed by atoms with Crippen molar-refractivity contribution in [3.63, 3.8) is 0 Å². The van der Waals surface area contributed by atoms with Crippen molar-refractivity contribution in [3.8, 4) is 0 Å². The summed E-state index contributed by atoms with van der Waals surface area (Å²) in [6.07, 6.45) is 1.21. The second kappa shape index (κ2) is 5.25. The highest BCUT2D eigenvalue weighted by Crippen LogP contribution is 2.21. The van der Waals surface area contributed by atoms with Gasteiger partial charge >= 0.3 is 0 Å². The van der Waals surface area contributed by atoms with Gasteiger partial charge in [-0.3, -0.25) is 9.59 Å². The first-order valence-electron chi connectivity index (χ1n) is 5.84. The van der Waals surface area contributed by atoms with Gasteiger partial charge in [0.1, 0.15) is 11.6 Å². The summed E-state index contributed by atoms with van der Waals surface area (Å²) < 4.78 is 26.8. The summed E-state index contributed by atoms with van der Waals surface area (Å²) in [5.41, 5.74) is -0.545. The number of hydrogen-bond donors (Lipinski definition) is 1. The van der Waals surface area contributed by atoms with E-state index in [0.29, 0.717) is 13.0 Å². The molecule has 1 aromatic carbocycles. The van der Waals surface area contributed by atoms with E-state index in [9.17, 15) is 18.4 Å². The van der Waals surface area contributed by atoms with Gasteiger partial charge in [-0.1, -0.05) is 6.07 Å². The Morgan fingerprint density at radius 3 is 2.61 bits per heavy atom. The molecule has 1 atom stereocenters. The first kappa shape index (κ1) is 12.7. The van der Waals surface area contributed by atoms with E-state index in [0.717, 1.165) is 18.6 Å². The minimum absolute atomic E-state index is 0.149. The molecule has 1 fully saturated rings. The third kappa shape index (κ3) is 2.55. The van der Waals surface area contributed by atoms with Crippen LogP contribution in [0.4, 0.5) is 8.78 Å². The highest BCUT2D eigenvalue weighted by molar-refractivity contribution is 5.99. The van der Waals surface area contributed by atoms with Crippen LogP contribution in [0.1, 0.15) is 29.6 Å². The lowest BCUT2D eigenvalue weighted by Crippen LogP contribution is -2.37. The molecule has 1 aliphatic rings. The number of benzene rings is 1. The first-order chi connectivity index (χ1) is 8.59. The second-order valence-electron chi connectivity index (χ2n) is 4.35. The quantitative estimate of drug-likeness (QED) is 0.838. The Bertz CT molecular complexity index is 468. The van der Waals surface area contributed by atoms with Crippen LogP contribution in [0.3, 0.4) is 0 Å². The van der Waals surface area contributed by atoms with Gasteiger partial charge < -0.3 is 5.32 Å². The zero-order valence-electron chi connectivity index (χ0n) is 9.71. The van der Waals surface area contributed by atoms with Gasteiger partial charge in [0.25, 0.3) is 0 Å². The van der Waals surface area contributed by atoms with Gasteiger partial charge in [0.05, 0.1) is 5.56 Å². The number of amides is 1. The number of piperidine rings is 1. The van der Waals surface area contributed by atoms with E-state index >= 15 is 0 Å². The fourth-order valence-electron chi connectivity index (χ4n) is 2.12. The standard InChI is InChI=1S/C13H13F2NO2/c14-9-4-1-5-10(15)12(9)11(17)7-8-3-2-6-16-13(8)18/h1,4-5,8H,2-3,6-7H2,(H,16,18)/t8-/m1/s1. The number of rotatable bonds is 3. The van der Waals surface area contributed by atoms with Crippen LogP contribution in [-0.4, -0.2) is 18.2 Å². The Labute approximate surface area is 103 Å².